The van der Waals surface area contributed by atoms with Gasteiger partial charge in [0.25, 0.3) is 0 Å². The van der Waals surface area contributed by atoms with Gasteiger partial charge in [0.1, 0.15) is 5.78 Å². The zero-order valence-corrected chi connectivity index (χ0v) is 6.82. The van der Waals surface area contributed by atoms with E-state index in [0.717, 1.165) is 12.8 Å². The molecule has 0 aromatic rings. The third-order valence-corrected chi connectivity index (χ3v) is 3.20. The van der Waals surface area contributed by atoms with Crippen molar-refractivity contribution in [3.8, 4) is 0 Å². The van der Waals surface area contributed by atoms with Crippen molar-refractivity contribution in [3.05, 3.63) is 0 Å². The number of carbonyl (C=O) groups is 2. The van der Waals surface area contributed by atoms with Gasteiger partial charge in [0.05, 0.1) is 5.92 Å². The Morgan fingerprint density at radius 2 is 2.08 bits per heavy atom. The second-order valence-electron chi connectivity index (χ2n) is 3.83. The minimum Gasteiger partial charge on any atom is -0.481 e. The number of carbonyl (C=O) groups excluding carboxylic acids is 1. The monoisotopic (exact) mass is 168 g/mol. The molecule has 2 rings (SSSR count). The maximum atomic E-state index is 11.1. The van der Waals surface area contributed by atoms with Crippen LogP contribution in [0.25, 0.3) is 0 Å². The summed E-state index contributed by atoms with van der Waals surface area (Å²) in [6.07, 6.45) is 3.55. The molecule has 2 saturated carbocycles. The Hall–Kier alpha value is -0.860. The van der Waals surface area contributed by atoms with Gasteiger partial charge in [0.2, 0.25) is 0 Å². The number of carboxylic acid groups (broad SMARTS) is 1. The standard InChI is InChI=1S/C9H12O3/c10-7-4-6(9(11)12)8(7)5-2-1-3-5/h5-6,8H,1-4H2,(H,11,12). The van der Waals surface area contributed by atoms with Crippen molar-refractivity contribution < 1.29 is 14.7 Å². The van der Waals surface area contributed by atoms with E-state index in [0.29, 0.717) is 5.92 Å². The molecule has 0 aromatic carbocycles. The Bertz CT molecular complexity index is 230. The van der Waals surface area contributed by atoms with Crippen LogP contribution in [-0.2, 0) is 9.59 Å². The molecule has 0 saturated heterocycles. The number of hydrogen-bond donors (Lipinski definition) is 1. The largest absolute Gasteiger partial charge is 0.481 e. The highest BCUT2D eigenvalue weighted by molar-refractivity contribution is 5.96. The van der Waals surface area contributed by atoms with E-state index in [9.17, 15) is 9.59 Å². The van der Waals surface area contributed by atoms with Crippen molar-refractivity contribution in [3.63, 3.8) is 0 Å². The van der Waals surface area contributed by atoms with Gasteiger partial charge in [-0.1, -0.05) is 6.42 Å². The number of aliphatic carboxylic acids is 1. The normalized spacial score (nSPS) is 35.5. The van der Waals surface area contributed by atoms with Gasteiger partial charge in [-0.05, 0) is 18.8 Å². The van der Waals surface area contributed by atoms with E-state index in [1.807, 2.05) is 0 Å². The van der Waals surface area contributed by atoms with Crippen molar-refractivity contribution >= 4 is 11.8 Å². The third-order valence-electron chi connectivity index (χ3n) is 3.20. The molecule has 2 aliphatic rings. The lowest BCUT2D eigenvalue weighted by Crippen LogP contribution is -2.47. The Kier molecular flexibility index (Phi) is 1.67. The molecule has 12 heavy (non-hydrogen) atoms. The Morgan fingerprint density at radius 1 is 1.42 bits per heavy atom. The smallest absolute Gasteiger partial charge is 0.307 e. The summed E-state index contributed by atoms with van der Waals surface area (Å²) >= 11 is 0. The first-order chi connectivity index (χ1) is 5.70. The molecular formula is C9H12O3. The van der Waals surface area contributed by atoms with E-state index in [1.54, 1.807) is 0 Å². The molecule has 0 spiro atoms. The summed E-state index contributed by atoms with van der Waals surface area (Å²) in [5.74, 6) is -0.704. The van der Waals surface area contributed by atoms with Crippen LogP contribution < -0.4 is 0 Å². The van der Waals surface area contributed by atoms with Crippen molar-refractivity contribution in [2.75, 3.05) is 0 Å². The van der Waals surface area contributed by atoms with Gasteiger partial charge in [0.15, 0.2) is 0 Å². The summed E-state index contributed by atoms with van der Waals surface area (Å²) in [6, 6.07) is 0. The summed E-state index contributed by atoms with van der Waals surface area (Å²) in [5, 5.41) is 8.74. The van der Waals surface area contributed by atoms with Crippen LogP contribution in [0.4, 0.5) is 0 Å². The molecule has 0 bridgehead atoms. The minimum atomic E-state index is -0.786. The van der Waals surface area contributed by atoms with Crippen LogP contribution in [0.5, 0.6) is 0 Å². The summed E-state index contributed by atoms with van der Waals surface area (Å²) < 4.78 is 0. The van der Waals surface area contributed by atoms with E-state index in [1.165, 1.54) is 6.42 Å². The molecule has 2 aliphatic carbocycles. The fourth-order valence-corrected chi connectivity index (χ4v) is 2.17. The molecule has 2 atom stereocenters. The van der Waals surface area contributed by atoms with Crippen LogP contribution in [0.3, 0.4) is 0 Å². The lowest BCUT2D eigenvalue weighted by Gasteiger charge is -2.42. The molecule has 0 radical (unpaired) electrons. The topological polar surface area (TPSA) is 54.4 Å². The second kappa shape index (κ2) is 2.57. The van der Waals surface area contributed by atoms with Crippen LogP contribution >= 0.6 is 0 Å². The SMILES string of the molecule is O=C(O)C1CC(=O)C1C1CCC1. The number of hydrogen-bond acceptors (Lipinski definition) is 2. The van der Waals surface area contributed by atoms with Gasteiger partial charge in [-0.15, -0.1) is 0 Å². The van der Waals surface area contributed by atoms with E-state index in [2.05, 4.69) is 0 Å². The van der Waals surface area contributed by atoms with Gasteiger partial charge < -0.3 is 5.11 Å². The van der Waals surface area contributed by atoms with Crippen LogP contribution in [0.2, 0.25) is 0 Å². The highest BCUT2D eigenvalue weighted by Crippen LogP contribution is 2.45. The lowest BCUT2D eigenvalue weighted by atomic mass is 9.60. The lowest BCUT2D eigenvalue weighted by molar-refractivity contribution is -0.159. The first-order valence-electron chi connectivity index (χ1n) is 4.45. The summed E-state index contributed by atoms with van der Waals surface area (Å²) in [7, 11) is 0. The predicted octanol–water partition coefficient (Wildman–Crippen LogP) is 1.08. The number of Topliss-reactive ketones (excluding diaryl/α,β-unsaturated/α-hetero) is 1. The van der Waals surface area contributed by atoms with Gasteiger partial charge >= 0.3 is 5.97 Å². The molecule has 0 amide bonds. The fraction of sp³-hybridized carbons (Fsp3) is 0.778. The highest BCUT2D eigenvalue weighted by Gasteiger charge is 2.49. The number of ketones is 1. The van der Waals surface area contributed by atoms with Gasteiger partial charge in [-0.2, -0.15) is 0 Å². The van der Waals surface area contributed by atoms with Crippen LogP contribution in [-0.4, -0.2) is 16.9 Å². The second-order valence-corrected chi connectivity index (χ2v) is 3.83. The zero-order chi connectivity index (χ0) is 8.72. The van der Waals surface area contributed by atoms with Crippen LogP contribution in [0.1, 0.15) is 25.7 Å². The average molecular weight is 168 g/mol. The van der Waals surface area contributed by atoms with E-state index in [4.69, 9.17) is 5.11 Å². The number of carboxylic acids is 1. The number of rotatable bonds is 2. The van der Waals surface area contributed by atoms with E-state index in [-0.39, 0.29) is 24.0 Å². The molecule has 2 unspecified atom stereocenters. The predicted molar refractivity (Wildman–Crippen MR) is 41.6 cm³/mol. The average Bonchev–Trinajstić information content (AvgIpc) is 1.90. The summed E-state index contributed by atoms with van der Waals surface area (Å²) in [6.45, 7) is 0. The molecule has 2 fully saturated rings. The summed E-state index contributed by atoms with van der Waals surface area (Å²) in [5.41, 5.74) is 0. The Labute approximate surface area is 70.8 Å². The van der Waals surface area contributed by atoms with Crippen molar-refractivity contribution in [2.45, 2.75) is 25.7 Å². The maximum absolute atomic E-state index is 11.1. The van der Waals surface area contributed by atoms with Gasteiger partial charge in [-0.3, -0.25) is 9.59 Å². The maximum Gasteiger partial charge on any atom is 0.307 e. The first kappa shape index (κ1) is 7.77. The molecule has 66 valence electrons. The molecule has 3 nitrogen and oxygen atoms in total. The zero-order valence-electron chi connectivity index (χ0n) is 6.82. The molecule has 0 aromatic heterocycles. The molecular weight excluding hydrogens is 156 g/mol. The minimum absolute atomic E-state index is 0.128. The van der Waals surface area contributed by atoms with E-state index >= 15 is 0 Å². The van der Waals surface area contributed by atoms with Gasteiger partial charge in [-0.25, -0.2) is 0 Å². The first-order valence-corrected chi connectivity index (χ1v) is 4.45. The van der Waals surface area contributed by atoms with Crippen LogP contribution in [0, 0.1) is 17.8 Å². The Morgan fingerprint density at radius 3 is 2.42 bits per heavy atom. The van der Waals surface area contributed by atoms with Crippen molar-refractivity contribution in [1.29, 1.82) is 0 Å². The fourth-order valence-electron chi connectivity index (χ4n) is 2.17. The van der Waals surface area contributed by atoms with Crippen molar-refractivity contribution in [2.24, 2.45) is 17.8 Å². The molecule has 0 aliphatic heterocycles. The molecule has 0 heterocycles. The van der Waals surface area contributed by atoms with Crippen LogP contribution in [0.15, 0.2) is 0 Å². The van der Waals surface area contributed by atoms with Crippen molar-refractivity contribution in [1.82, 2.24) is 0 Å². The molecule has 3 heteroatoms. The highest BCUT2D eigenvalue weighted by atomic mass is 16.4. The van der Waals surface area contributed by atoms with Gasteiger partial charge in [0, 0.05) is 12.3 Å². The Balaban J connectivity index is 2.01. The third kappa shape index (κ3) is 0.958. The van der Waals surface area contributed by atoms with E-state index < -0.39 is 5.97 Å². The molecule has 1 N–H and O–H groups in total. The summed E-state index contributed by atoms with van der Waals surface area (Å²) in [4.78, 5) is 21.7. The quantitative estimate of drug-likeness (QED) is 0.671.